The van der Waals surface area contributed by atoms with Gasteiger partial charge in [0.25, 0.3) is 5.91 Å². The van der Waals surface area contributed by atoms with E-state index in [1.165, 1.54) is 0 Å². The summed E-state index contributed by atoms with van der Waals surface area (Å²) in [6.07, 6.45) is 0.862. The zero-order valence-corrected chi connectivity index (χ0v) is 14.3. The van der Waals surface area contributed by atoms with Gasteiger partial charge in [0.05, 0.1) is 31.0 Å². The second kappa shape index (κ2) is 5.80. The summed E-state index contributed by atoms with van der Waals surface area (Å²) < 4.78 is 11.1. The molecular formula is C18H24N2O3. The fourth-order valence-corrected chi connectivity index (χ4v) is 3.55. The number of hydrogen-bond donors (Lipinski definition) is 0. The van der Waals surface area contributed by atoms with Crippen LogP contribution in [0, 0.1) is 0 Å². The Bertz CT molecular complexity index is 656. The predicted octanol–water partition coefficient (Wildman–Crippen LogP) is 2.70. The summed E-state index contributed by atoms with van der Waals surface area (Å²) in [5.74, 6) is 1.31. The van der Waals surface area contributed by atoms with Gasteiger partial charge >= 0.3 is 0 Å². The number of methoxy groups -OCH3 is 1. The Kier molecular flexibility index (Phi) is 3.96. The smallest absolute Gasteiger partial charge is 0.256 e. The molecule has 5 nitrogen and oxygen atoms in total. The van der Waals surface area contributed by atoms with Gasteiger partial charge in [0, 0.05) is 25.7 Å². The Morgan fingerprint density at radius 2 is 2.09 bits per heavy atom. The molecule has 0 spiro atoms. The van der Waals surface area contributed by atoms with Gasteiger partial charge in [-0.2, -0.15) is 0 Å². The van der Waals surface area contributed by atoms with E-state index >= 15 is 0 Å². The van der Waals surface area contributed by atoms with Crippen LogP contribution >= 0.6 is 0 Å². The van der Waals surface area contributed by atoms with Crippen LogP contribution in [-0.2, 0) is 0 Å². The Labute approximate surface area is 137 Å². The lowest BCUT2D eigenvalue weighted by atomic mass is 10.0. The minimum absolute atomic E-state index is 0.0428. The SMILES string of the molecule is C=C1C[C@H]2C(C)N(C)c3cc(OCC)c(OC)cc3C(=O)N2C1. The standard InChI is InChI=1S/C18H24N2O3/c1-6-23-17-9-15-13(8-16(17)22-5)18(21)20-10-11(2)7-14(20)12(3)19(15)4/h8-9,12,14H,2,6-7,10H2,1,3-5H3/t12?,14-/m0/s1. The van der Waals surface area contributed by atoms with Gasteiger partial charge in [-0.1, -0.05) is 12.2 Å². The first-order chi connectivity index (χ1) is 11.0. The van der Waals surface area contributed by atoms with E-state index in [1.807, 2.05) is 24.9 Å². The van der Waals surface area contributed by atoms with Crippen molar-refractivity contribution in [3.63, 3.8) is 0 Å². The minimum atomic E-state index is 0.0428. The number of nitrogens with zero attached hydrogens (tertiary/aromatic N) is 2. The average Bonchev–Trinajstić information content (AvgIpc) is 2.91. The molecule has 1 unspecified atom stereocenters. The third kappa shape index (κ3) is 2.44. The Hall–Kier alpha value is -2.17. The number of amides is 1. The minimum Gasteiger partial charge on any atom is -0.493 e. The molecule has 2 aliphatic rings. The first-order valence-corrected chi connectivity index (χ1v) is 8.03. The highest BCUT2D eigenvalue weighted by molar-refractivity contribution is 6.02. The van der Waals surface area contributed by atoms with E-state index in [0.717, 1.165) is 17.7 Å². The first-order valence-electron chi connectivity index (χ1n) is 8.03. The van der Waals surface area contributed by atoms with Crippen molar-refractivity contribution in [2.24, 2.45) is 0 Å². The molecule has 2 aliphatic heterocycles. The highest BCUT2D eigenvalue weighted by Crippen LogP contribution is 2.41. The molecule has 5 heteroatoms. The fraction of sp³-hybridized carbons (Fsp3) is 0.500. The van der Waals surface area contributed by atoms with Crippen molar-refractivity contribution in [2.45, 2.75) is 32.4 Å². The van der Waals surface area contributed by atoms with Crippen molar-refractivity contribution in [1.82, 2.24) is 4.90 Å². The van der Waals surface area contributed by atoms with Gasteiger partial charge in [-0.05, 0) is 26.3 Å². The summed E-state index contributed by atoms with van der Waals surface area (Å²) in [5, 5.41) is 0. The summed E-state index contributed by atoms with van der Waals surface area (Å²) in [6.45, 7) is 9.35. The van der Waals surface area contributed by atoms with Crippen molar-refractivity contribution in [3.05, 3.63) is 29.8 Å². The molecule has 1 aromatic rings. The Morgan fingerprint density at radius 3 is 2.74 bits per heavy atom. The van der Waals surface area contributed by atoms with Crippen LogP contribution in [0.25, 0.3) is 0 Å². The van der Waals surface area contributed by atoms with Crippen molar-refractivity contribution >= 4 is 11.6 Å². The molecule has 1 saturated heterocycles. The molecule has 0 N–H and O–H groups in total. The number of ether oxygens (including phenoxy) is 2. The summed E-state index contributed by atoms with van der Waals surface area (Å²) in [5.41, 5.74) is 2.67. The number of carbonyl (C=O) groups is 1. The van der Waals surface area contributed by atoms with Crippen LogP contribution in [0.1, 0.15) is 30.6 Å². The molecule has 1 aromatic carbocycles. The normalized spacial score (nSPS) is 23.5. The molecule has 0 aromatic heterocycles. The topological polar surface area (TPSA) is 42.0 Å². The highest BCUT2D eigenvalue weighted by Gasteiger charge is 2.41. The van der Waals surface area contributed by atoms with Gasteiger partial charge in [0.15, 0.2) is 11.5 Å². The number of benzene rings is 1. The first kappa shape index (κ1) is 15.7. The van der Waals surface area contributed by atoms with E-state index in [1.54, 1.807) is 13.2 Å². The second-order valence-corrected chi connectivity index (χ2v) is 6.26. The maximum Gasteiger partial charge on any atom is 0.256 e. The Morgan fingerprint density at radius 1 is 1.35 bits per heavy atom. The van der Waals surface area contributed by atoms with Crippen LogP contribution in [0.2, 0.25) is 0 Å². The van der Waals surface area contributed by atoms with Crippen molar-refractivity contribution in [3.8, 4) is 11.5 Å². The third-order valence-electron chi connectivity index (χ3n) is 4.91. The number of hydrogen-bond acceptors (Lipinski definition) is 4. The molecule has 1 fully saturated rings. The second-order valence-electron chi connectivity index (χ2n) is 6.26. The maximum absolute atomic E-state index is 13.1. The van der Waals surface area contributed by atoms with Crippen molar-refractivity contribution in [2.75, 3.05) is 32.2 Å². The summed E-state index contributed by atoms with van der Waals surface area (Å²) in [6, 6.07) is 4.09. The van der Waals surface area contributed by atoms with Crippen LogP contribution < -0.4 is 14.4 Å². The quantitative estimate of drug-likeness (QED) is 0.804. The van der Waals surface area contributed by atoms with Gasteiger partial charge in [-0.3, -0.25) is 4.79 Å². The third-order valence-corrected chi connectivity index (χ3v) is 4.91. The predicted molar refractivity (Wildman–Crippen MR) is 90.6 cm³/mol. The summed E-state index contributed by atoms with van der Waals surface area (Å²) in [4.78, 5) is 17.2. The molecule has 1 amide bonds. The summed E-state index contributed by atoms with van der Waals surface area (Å²) >= 11 is 0. The van der Waals surface area contributed by atoms with Crippen LogP contribution in [0.15, 0.2) is 24.3 Å². The lowest BCUT2D eigenvalue weighted by Gasteiger charge is -2.32. The zero-order valence-electron chi connectivity index (χ0n) is 14.3. The van der Waals surface area contributed by atoms with Crippen LogP contribution in [-0.4, -0.2) is 50.2 Å². The summed E-state index contributed by atoms with van der Waals surface area (Å²) in [7, 11) is 3.63. The molecule has 23 heavy (non-hydrogen) atoms. The molecule has 0 bridgehead atoms. The number of rotatable bonds is 3. The number of likely N-dealkylation sites (N-methyl/N-ethyl adjacent to an activating group) is 1. The lowest BCUT2D eigenvalue weighted by Crippen LogP contribution is -2.45. The molecule has 0 aliphatic carbocycles. The molecule has 0 radical (unpaired) electrons. The van der Waals surface area contributed by atoms with Gasteiger partial charge in [-0.15, -0.1) is 0 Å². The van der Waals surface area contributed by atoms with Crippen LogP contribution in [0.4, 0.5) is 5.69 Å². The van der Waals surface area contributed by atoms with Gasteiger partial charge < -0.3 is 19.3 Å². The van der Waals surface area contributed by atoms with Gasteiger partial charge in [-0.25, -0.2) is 0 Å². The van der Waals surface area contributed by atoms with Crippen molar-refractivity contribution < 1.29 is 14.3 Å². The van der Waals surface area contributed by atoms with E-state index in [4.69, 9.17) is 9.47 Å². The molecule has 124 valence electrons. The maximum atomic E-state index is 13.1. The molecular weight excluding hydrogens is 292 g/mol. The van der Waals surface area contributed by atoms with E-state index in [0.29, 0.717) is 30.2 Å². The van der Waals surface area contributed by atoms with Crippen LogP contribution in [0.3, 0.4) is 0 Å². The molecule has 2 heterocycles. The van der Waals surface area contributed by atoms with E-state index in [2.05, 4.69) is 18.4 Å². The van der Waals surface area contributed by atoms with Gasteiger partial charge in [0.2, 0.25) is 0 Å². The number of anilines is 1. The van der Waals surface area contributed by atoms with E-state index in [-0.39, 0.29) is 18.0 Å². The van der Waals surface area contributed by atoms with Crippen LogP contribution in [0.5, 0.6) is 11.5 Å². The van der Waals surface area contributed by atoms with Gasteiger partial charge in [0.1, 0.15) is 0 Å². The number of fused-ring (bicyclic) bond motifs is 2. The number of carbonyl (C=O) groups excluding carboxylic acids is 1. The lowest BCUT2D eigenvalue weighted by molar-refractivity contribution is 0.0733. The molecule has 0 saturated carbocycles. The average molecular weight is 316 g/mol. The highest BCUT2D eigenvalue weighted by atomic mass is 16.5. The zero-order chi connectivity index (χ0) is 16.7. The van der Waals surface area contributed by atoms with E-state index in [9.17, 15) is 4.79 Å². The monoisotopic (exact) mass is 316 g/mol. The molecule has 2 atom stereocenters. The fourth-order valence-electron chi connectivity index (χ4n) is 3.55. The van der Waals surface area contributed by atoms with E-state index < -0.39 is 0 Å². The molecule has 3 rings (SSSR count). The largest absolute Gasteiger partial charge is 0.493 e. The Balaban J connectivity index is 2.14. The van der Waals surface area contributed by atoms with Crippen molar-refractivity contribution in [1.29, 1.82) is 0 Å².